The van der Waals surface area contributed by atoms with E-state index in [1.807, 2.05) is 0 Å². The molecule has 0 amide bonds. The molecule has 2 aromatic rings. The first-order chi connectivity index (χ1) is 14.0. The van der Waals surface area contributed by atoms with E-state index in [2.05, 4.69) is 0 Å². The molecule has 2 aromatic carbocycles. The normalized spacial score (nSPS) is 16.1. The highest BCUT2D eigenvalue weighted by Gasteiger charge is 2.73. The number of halogens is 10. The van der Waals surface area contributed by atoms with Gasteiger partial charge in [-0.1, -0.05) is 60.7 Å². The molecule has 2 unspecified atom stereocenters. The molecular formula is C18H12F10O2S. The monoisotopic (exact) mass is 482 g/mol. The van der Waals surface area contributed by atoms with Gasteiger partial charge in [-0.05, 0) is 11.1 Å². The maximum atomic E-state index is 14.3. The van der Waals surface area contributed by atoms with Crippen molar-refractivity contribution in [3.05, 3.63) is 71.8 Å². The zero-order valence-corrected chi connectivity index (χ0v) is 15.7. The molecule has 0 saturated heterocycles. The van der Waals surface area contributed by atoms with Crippen LogP contribution in [0.15, 0.2) is 60.7 Å². The van der Waals surface area contributed by atoms with E-state index in [9.17, 15) is 52.3 Å². The lowest BCUT2D eigenvalue weighted by atomic mass is 10.1. The fraction of sp³-hybridized carbons (Fsp3) is 0.333. The van der Waals surface area contributed by atoms with Crippen molar-refractivity contribution in [2.24, 2.45) is 0 Å². The van der Waals surface area contributed by atoms with Gasteiger partial charge in [-0.15, -0.1) is 0 Å². The smallest absolute Gasteiger partial charge is 0.227 e. The van der Waals surface area contributed by atoms with Crippen LogP contribution in [0.5, 0.6) is 0 Å². The highest BCUT2D eigenvalue weighted by Crippen LogP contribution is 2.56. The molecule has 0 saturated carbocycles. The lowest BCUT2D eigenvalue weighted by Gasteiger charge is -2.35. The SMILES string of the molecule is O=S(=O)(C(c1ccccc1)C(F)(F)C(F)(F)F)C(c1ccccc1)C(F)(F)C(F)(F)F. The maximum Gasteiger partial charge on any atom is 0.455 e. The second-order valence-corrected chi connectivity index (χ2v) is 8.53. The van der Waals surface area contributed by atoms with Crippen LogP contribution in [0, 0.1) is 0 Å². The van der Waals surface area contributed by atoms with Crippen LogP contribution < -0.4 is 0 Å². The third kappa shape index (κ3) is 4.51. The summed E-state index contributed by atoms with van der Waals surface area (Å²) >= 11 is 0. The van der Waals surface area contributed by atoms with Gasteiger partial charge >= 0.3 is 24.2 Å². The Labute approximate surface area is 169 Å². The molecule has 0 fully saturated rings. The van der Waals surface area contributed by atoms with Crippen molar-refractivity contribution in [1.29, 1.82) is 0 Å². The molecule has 2 atom stereocenters. The Kier molecular flexibility index (Phi) is 6.43. The van der Waals surface area contributed by atoms with Gasteiger partial charge in [0.05, 0.1) is 0 Å². The van der Waals surface area contributed by atoms with Crippen molar-refractivity contribution in [3.8, 4) is 0 Å². The zero-order chi connectivity index (χ0) is 23.9. The first-order valence-corrected chi connectivity index (χ1v) is 9.78. The Balaban J connectivity index is 2.90. The van der Waals surface area contributed by atoms with Gasteiger partial charge in [0.25, 0.3) is 0 Å². The summed E-state index contributed by atoms with van der Waals surface area (Å²) in [6, 6.07) is 7.41. The molecule has 0 aliphatic rings. The van der Waals surface area contributed by atoms with Crippen molar-refractivity contribution in [1.82, 2.24) is 0 Å². The minimum Gasteiger partial charge on any atom is -0.227 e. The molecule has 0 bridgehead atoms. The van der Waals surface area contributed by atoms with Crippen molar-refractivity contribution in [2.75, 3.05) is 0 Å². The number of sulfone groups is 1. The van der Waals surface area contributed by atoms with Crippen molar-refractivity contribution < 1.29 is 52.3 Å². The molecule has 0 radical (unpaired) electrons. The van der Waals surface area contributed by atoms with Gasteiger partial charge in [-0.3, -0.25) is 0 Å². The minimum absolute atomic E-state index is 0.468. The van der Waals surface area contributed by atoms with E-state index in [0.717, 1.165) is 36.4 Å². The number of benzene rings is 2. The molecule has 0 aliphatic heterocycles. The highest BCUT2D eigenvalue weighted by molar-refractivity contribution is 7.92. The molecule has 0 spiro atoms. The van der Waals surface area contributed by atoms with Gasteiger partial charge in [0.15, 0.2) is 20.3 Å². The quantitative estimate of drug-likeness (QED) is 0.455. The average Bonchev–Trinajstić information content (AvgIpc) is 2.60. The summed E-state index contributed by atoms with van der Waals surface area (Å²) in [4.78, 5) is 0. The summed E-state index contributed by atoms with van der Waals surface area (Å²) in [6.07, 6.45) is -13.1. The Bertz CT molecular complexity index is 908. The molecule has 2 nitrogen and oxygen atoms in total. The number of alkyl halides is 10. The summed E-state index contributed by atoms with van der Waals surface area (Å²) in [5.74, 6) is -12.4. The minimum atomic E-state index is -6.59. The van der Waals surface area contributed by atoms with Gasteiger partial charge in [0.1, 0.15) is 0 Å². The van der Waals surface area contributed by atoms with Crippen LogP contribution in [0.3, 0.4) is 0 Å². The predicted molar refractivity (Wildman–Crippen MR) is 89.3 cm³/mol. The first-order valence-electron chi connectivity index (χ1n) is 8.17. The van der Waals surface area contributed by atoms with E-state index in [0.29, 0.717) is 24.3 Å². The van der Waals surface area contributed by atoms with E-state index in [4.69, 9.17) is 0 Å². The van der Waals surface area contributed by atoms with Gasteiger partial charge < -0.3 is 0 Å². The topological polar surface area (TPSA) is 34.1 Å². The van der Waals surface area contributed by atoms with Gasteiger partial charge in [-0.25, -0.2) is 8.42 Å². The Morgan fingerprint density at radius 1 is 0.516 bits per heavy atom. The van der Waals surface area contributed by atoms with Crippen molar-refractivity contribution >= 4 is 9.84 Å². The molecule has 2 rings (SSSR count). The Morgan fingerprint density at radius 2 is 0.774 bits per heavy atom. The van der Waals surface area contributed by atoms with E-state index in [1.54, 1.807) is 0 Å². The number of hydrogen-bond acceptors (Lipinski definition) is 2. The molecule has 172 valence electrons. The zero-order valence-electron chi connectivity index (χ0n) is 14.9. The van der Waals surface area contributed by atoms with Crippen LogP contribution in [0.25, 0.3) is 0 Å². The third-order valence-corrected chi connectivity index (χ3v) is 6.73. The molecule has 0 aromatic heterocycles. The summed E-state index contributed by atoms with van der Waals surface area (Å²) in [6.45, 7) is 0. The van der Waals surface area contributed by atoms with E-state index in [-0.39, 0.29) is 0 Å². The predicted octanol–water partition coefficient (Wildman–Crippen LogP) is 6.28. The second-order valence-electron chi connectivity index (χ2n) is 6.41. The van der Waals surface area contributed by atoms with Crippen LogP contribution >= 0.6 is 0 Å². The fourth-order valence-corrected chi connectivity index (χ4v) is 5.34. The third-order valence-electron chi connectivity index (χ3n) is 4.28. The maximum absolute atomic E-state index is 14.3. The van der Waals surface area contributed by atoms with Crippen LogP contribution in [0.4, 0.5) is 43.9 Å². The second kappa shape index (κ2) is 7.99. The van der Waals surface area contributed by atoms with Crippen LogP contribution in [0.1, 0.15) is 21.6 Å². The number of hydrogen-bond donors (Lipinski definition) is 0. The summed E-state index contributed by atoms with van der Waals surface area (Å²) in [7, 11) is -6.59. The summed E-state index contributed by atoms with van der Waals surface area (Å²) in [5.41, 5.74) is -2.60. The van der Waals surface area contributed by atoms with Crippen molar-refractivity contribution in [2.45, 2.75) is 34.7 Å². The lowest BCUT2D eigenvalue weighted by Crippen LogP contribution is -2.51. The Morgan fingerprint density at radius 3 is 1.00 bits per heavy atom. The largest absolute Gasteiger partial charge is 0.455 e. The van der Waals surface area contributed by atoms with E-state index < -0.39 is 55.7 Å². The molecular weight excluding hydrogens is 470 g/mol. The van der Waals surface area contributed by atoms with Crippen LogP contribution in [0.2, 0.25) is 0 Å². The van der Waals surface area contributed by atoms with Crippen molar-refractivity contribution in [3.63, 3.8) is 0 Å². The number of rotatable bonds is 6. The average molecular weight is 482 g/mol. The van der Waals surface area contributed by atoms with Gasteiger partial charge in [-0.2, -0.15) is 43.9 Å². The molecule has 0 aliphatic carbocycles. The summed E-state index contributed by atoms with van der Waals surface area (Å²) in [5, 5.41) is -8.14. The summed E-state index contributed by atoms with van der Waals surface area (Å²) < 4.78 is 161. The van der Waals surface area contributed by atoms with Crippen LogP contribution in [-0.4, -0.2) is 32.6 Å². The lowest BCUT2D eigenvalue weighted by molar-refractivity contribution is -0.287. The fourth-order valence-electron chi connectivity index (χ4n) is 2.90. The standard InChI is InChI=1S/C18H12F10O2S/c19-15(20,17(23,24)25)13(11-7-3-1-4-8-11)31(29,30)14(12-9-5-2-6-10-12)16(21,22)18(26,27)28/h1-10,13-14H. The van der Waals surface area contributed by atoms with Crippen LogP contribution in [-0.2, 0) is 9.84 Å². The van der Waals surface area contributed by atoms with Gasteiger partial charge in [0.2, 0.25) is 0 Å². The molecule has 13 heteroatoms. The van der Waals surface area contributed by atoms with Gasteiger partial charge in [0, 0.05) is 0 Å². The Hall–Kier alpha value is -2.31. The molecule has 31 heavy (non-hydrogen) atoms. The molecule has 0 heterocycles. The van der Waals surface area contributed by atoms with E-state index >= 15 is 0 Å². The molecule has 0 N–H and O–H groups in total. The van der Waals surface area contributed by atoms with E-state index in [1.165, 1.54) is 0 Å². The first kappa shape index (κ1) is 25.0. The highest BCUT2D eigenvalue weighted by atomic mass is 32.2.